The van der Waals surface area contributed by atoms with Crippen LogP contribution in [-0.2, 0) is 20.9 Å². The van der Waals surface area contributed by atoms with Crippen molar-refractivity contribution >= 4 is 26.2 Å². The van der Waals surface area contributed by atoms with Crippen molar-refractivity contribution in [2.75, 3.05) is 6.61 Å². The van der Waals surface area contributed by atoms with Gasteiger partial charge in [0.05, 0.1) is 0 Å². The zero-order chi connectivity index (χ0) is 20.0. The molecule has 1 aliphatic rings. The van der Waals surface area contributed by atoms with Gasteiger partial charge in [0.1, 0.15) is 0 Å². The molecule has 1 amide bonds. The van der Waals surface area contributed by atoms with Crippen molar-refractivity contribution in [2.45, 2.75) is 59.0 Å². The third-order valence-electron chi connectivity index (χ3n) is 4.71. The van der Waals surface area contributed by atoms with Gasteiger partial charge in [-0.25, -0.2) is 0 Å². The monoisotopic (exact) mass is 439 g/mol. The Kier molecular flexibility index (Phi) is 8.24. The summed E-state index contributed by atoms with van der Waals surface area (Å²) >= 11 is 2.82. The second kappa shape index (κ2) is 10.2. The zero-order valence-corrected chi connectivity index (χ0v) is 18.1. The quantitative estimate of drug-likeness (QED) is 0.501. The van der Waals surface area contributed by atoms with E-state index in [2.05, 4.69) is 15.6 Å². The summed E-state index contributed by atoms with van der Waals surface area (Å²) in [4.78, 5) is 14.9. The second-order valence-corrected chi connectivity index (χ2v) is 7.85. The Morgan fingerprint density at radius 1 is 1.41 bits per heavy atom. The average Bonchev–Trinajstić information content (AvgIpc) is 3.04. The SMILES string of the molecule is CC/C=C(\C)C(O)C(OCc1ccccc1)C(=O)N1C(=[Se])OCC1C(C)C. The van der Waals surface area contributed by atoms with E-state index in [1.54, 1.807) is 4.90 Å². The fourth-order valence-electron chi connectivity index (χ4n) is 3.06. The van der Waals surface area contributed by atoms with Crippen LogP contribution in [0.25, 0.3) is 0 Å². The molecule has 1 fully saturated rings. The van der Waals surface area contributed by atoms with Crippen molar-refractivity contribution in [1.29, 1.82) is 0 Å². The number of rotatable bonds is 8. The predicted molar refractivity (Wildman–Crippen MR) is 107 cm³/mol. The number of aliphatic hydroxyl groups is 1. The van der Waals surface area contributed by atoms with E-state index in [4.69, 9.17) is 9.47 Å². The molecule has 3 atom stereocenters. The molecule has 1 N–H and O–H groups in total. The number of ether oxygens (including phenoxy) is 2. The van der Waals surface area contributed by atoms with E-state index < -0.39 is 12.2 Å². The van der Waals surface area contributed by atoms with Crippen LogP contribution in [0, 0.1) is 5.92 Å². The number of nitrogens with zero attached hydrogens (tertiary/aromatic N) is 1. The van der Waals surface area contributed by atoms with Gasteiger partial charge in [-0.3, -0.25) is 0 Å². The number of hydrogen-bond donors (Lipinski definition) is 1. The topological polar surface area (TPSA) is 59.0 Å². The van der Waals surface area contributed by atoms with E-state index in [1.165, 1.54) is 0 Å². The van der Waals surface area contributed by atoms with Crippen molar-refractivity contribution in [1.82, 2.24) is 4.90 Å². The molecule has 3 unspecified atom stereocenters. The van der Waals surface area contributed by atoms with Crippen LogP contribution in [-0.4, -0.2) is 61.1 Å². The third kappa shape index (κ3) is 5.52. The fourth-order valence-corrected chi connectivity index (χ4v) is 3.67. The van der Waals surface area contributed by atoms with Gasteiger partial charge in [-0.05, 0) is 0 Å². The Hall–Kier alpha value is -1.46. The first kappa shape index (κ1) is 21.8. The first-order valence-corrected chi connectivity index (χ1v) is 10.2. The molecule has 1 saturated heterocycles. The van der Waals surface area contributed by atoms with Crippen molar-refractivity contribution in [3.05, 3.63) is 47.5 Å². The summed E-state index contributed by atoms with van der Waals surface area (Å²) in [6, 6.07) is 9.55. The standard InChI is InChI=1S/C21H29NO4Se/c1-5-9-15(4)18(23)19(25-12-16-10-7-6-8-11-16)20(24)22-17(14(2)3)13-26-21(22)27/h6-11,14,17-19,23H,5,12-13H2,1-4H3/b15-9+. The van der Waals surface area contributed by atoms with Gasteiger partial charge in [-0.1, -0.05) is 0 Å². The number of allylic oxidation sites excluding steroid dienone is 1. The van der Waals surface area contributed by atoms with Crippen LogP contribution < -0.4 is 0 Å². The van der Waals surface area contributed by atoms with Crippen molar-refractivity contribution in [3.8, 4) is 0 Å². The number of carbonyl (C=O) groups is 1. The molecule has 0 radical (unpaired) electrons. The number of benzene rings is 1. The van der Waals surface area contributed by atoms with Crippen LogP contribution in [0.15, 0.2) is 42.0 Å². The molecule has 5 nitrogen and oxygen atoms in total. The van der Waals surface area contributed by atoms with Crippen molar-refractivity contribution < 1.29 is 19.4 Å². The van der Waals surface area contributed by atoms with Gasteiger partial charge in [0.15, 0.2) is 0 Å². The van der Waals surface area contributed by atoms with E-state index in [0.717, 1.165) is 17.6 Å². The molecule has 1 heterocycles. The van der Waals surface area contributed by atoms with Gasteiger partial charge in [0.2, 0.25) is 0 Å². The van der Waals surface area contributed by atoms with Gasteiger partial charge in [0, 0.05) is 0 Å². The maximum absolute atomic E-state index is 13.3. The average molecular weight is 438 g/mol. The first-order valence-electron chi connectivity index (χ1n) is 9.36. The molecular weight excluding hydrogens is 409 g/mol. The molecule has 1 aromatic rings. The number of aliphatic hydroxyl groups excluding tert-OH is 1. The summed E-state index contributed by atoms with van der Waals surface area (Å²) < 4.78 is 12.0. The summed E-state index contributed by atoms with van der Waals surface area (Å²) in [6.07, 6.45) is 0.685. The van der Waals surface area contributed by atoms with E-state index in [1.807, 2.05) is 64.1 Å². The molecule has 1 aliphatic heterocycles. The Morgan fingerprint density at radius 3 is 2.67 bits per heavy atom. The molecule has 148 valence electrons. The number of hydrogen-bond acceptors (Lipinski definition) is 4. The molecule has 0 aliphatic carbocycles. The van der Waals surface area contributed by atoms with Gasteiger partial charge in [0.25, 0.3) is 0 Å². The second-order valence-electron chi connectivity index (χ2n) is 7.11. The normalized spacial score (nSPS) is 19.9. The van der Waals surface area contributed by atoms with Crippen LogP contribution >= 0.6 is 0 Å². The summed E-state index contributed by atoms with van der Waals surface area (Å²) in [5.41, 5.74) is 1.68. The Bertz CT molecular complexity index is 674. The predicted octanol–water partition coefficient (Wildman–Crippen LogP) is 2.43. The Balaban J connectivity index is 2.25. The summed E-state index contributed by atoms with van der Waals surface area (Å²) in [5.74, 6) is -0.0637. The fraction of sp³-hybridized carbons (Fsp3) is 0.524. The summed E-state index contributed by atoms with van der Waals surface area (Å²) in [7, 11) is 0. The summed E-state index contributed by atoms with van der Waals surface area (Å²) in [6.45, 7) is 8.60. The molecule has 2 rings (SSSR count). The van der Waals surface area contributed by atoms with Crippen LogP contribution in [0.3, 0.4) is 0 Å². The number of carbonyl (C=O) groups excluding carboxylic acids is 1. The van der Waals surface area contributed by atoms with Crippen LogP contribution in [0.1, 0.15) is 39.7 Å². The molecular formula is C21H29NO4Se. The molecule has 1 aromatic carbocycles. The van der Waals surface area contributed by atoms with E-state index >= 15 is 0 Å². The molecule has 0 saturated carbocycles. The maximum atomic E-state index is 13.3. The van der Waals surface area contributed by atoms with Crippen LogP contribution in [0.5, 0.6) is 0 Å². The van der Waals surface area contributed by atoms with Crippen molar-refractivity contribution in [2.24, 2.45) is 5.92 Å². The molecule has 0 spiro atoms. The Labute approximate surface area is 169 Å². The first-order chi connectivity index (χ1) is 12.9. The van der Waals surface area contributed by atoms with Crippen LogP contribution in [0.4, 0.5) is 0 Å². The van der Waals surface area contributed by atoms with Gasteiger partial charge < -0.3 is 0 Å². The van der Waals surface area contributed by atoms with Gasteiger partial charge in [-0.2, -0.15) is 0 Å². The third-order valence-corrected chi connectivity index (χ3v) is 5.37. The minimum absolute atomic E-state index is 0.0840. The minimum atomic E-state index is -1.01. The number of amides is 1. The molecule has 0 aromatic heterocycles. The van der Waals surface area contributed by atoms with Gasteiger partial charge in [-0.15, -0.1) is 0 Å². The molecule has 6 heteroatoms. The zero-order valence-electron chi connectivity index (χ0n) is 16.4. The summed E-state index contributed by atoms with van der Waals surface area (Å²) in [5, 5.41) is 10.8. The van der Waals surface area contributed by atoms with Gasteiger partial charge >= 0.3 is 170 Å². The van der Waals surface area contributed by atoms with E-state index in [0.29, 0.717) is 11.3 Å². The van der Waals surface area contributed by atoms with Crippen LogP contribution in [0.2, 0.25) is 0 Å². The molecule has 0 bridgehead atoms. The van der Waals surface area contributed by atoms with E-state index in [-0.39, 0.29) is 24.5 Å². The van der Waals surface area contributed by atoms with Crippen molar-refractivity contribution in [3.63, 3.8) is 0 Å². The Morgan fingerprint density at radius 2 is 2.07 bits per heavy atom. The molecule has 27 heavy (non-hydrogen) atoms. The van der Waals surface area contributed by atoms with E-state index in [9.17, 15) is 9.90 Å².